The van der Waals surface area contributed by atoms with Gasteiger partial charge in [0.15, 0.2) is 0 Å². The van der Waals surface area contributed by atoms with E-state index in [0.717, 1.165) is 11.3 Å². The molecule has 0 aliphatic heterocycles. The van der Waals surface area contributed by atoms with Crippen molar-refractivity contribution in [3.8, 4) is 5.75 Å². The van der Waals surface area contributed by atoms with E-state index in [-0.39, 0.29) is 5.41 Å². The van der Waals surface area contributed by atoms with Gasteiger partial charge in [-0.15, -0.1) is 0 Å². The van der Waals surface area contributed by atoms with E-state index in [1.54, 1.807) is 19.3 Å². The largest absolute Gasteiger partial charge is 0.549 e. The molecule has 3 heteroatoms. The Kier molecular flexibility index (Phi) is 3.24. The zero-order valence-corrected chi connectivity index (χ0v) is 10.4. The number of methoxy groups -OCH3 is 1. The summed E-state index contributed by atoms with van der Waals surface area (Å²) in [5, 5.41) is 10.8. The molecule has 94 valence electrons. The highest BCUT2D eigenvalue weighted by Crippen LogP contribution is 2.36. The van der Waals surface area contributed by atoms with Crippen LogP contribution >= 0.6 is 0 Å². The summed E-state index contributed by atoms with van der Waals surface area (Å²) in [5.41, 5.74) is 0.662. The van der Waals surface area contributed by atoms with Crippen molar-refractivity contribution in [2.45, 2.75) is 12.3 Å². The Morgan fingerprint density at radius 1 is 1.28 bits per heavy atom. The molecule has 0 aromatic heterocycles. The summed E-state index contributed by atoms with van der Waals surface area (Å²) in [7, 11) is 1.63. The summed E-state index contributed by atoms with van der Waals surface area (Å²) in [6, 6.07) is 7.72. The Morgan fingerprint density at radius 2 is 1.89 bits per heavy atom. The fourth-order valence-electron chi connectivity index (χ4n) is 2.15. The lowest BCUT2D eigenvalue weighted by Crippen LogP contribution is -2.31. The highest BCUT2D eigenvalue weighted by atomic mass is 16.5. The number of carbonyl (C=O) groups is 1. The zero-order chi connectivity index (χ0) is 13.2. The SMILES string of the molecule is COc1ccccc1C1(C)C=CC(C(=O)[O-])C=C1. The second-order valence-electron chi connectivity index (χ2n) is 4.55. The van der Waals surface area contributed by atoms with Gasteiger partial charge < -0.3 is 14.6 Å². The second kappa shape index (κ2) is 4.69. The van der Waals surface area contributed by atoms with Gasteiger partial charge in [0.05, 0.1) is 13.1 Å². The van der Waals surface area contributed by atoms with E-state index in [9.17, 15) is 9.90 Å². The van der Waals surface area contributed by atoms with Crippen LogP contribution in [0.2, 0.25) is 0 Å². The lowest BCUT2D eigenvalue weighted by Gasteiger charge is -2.29. The van der Waals surface area contributed by atoms with Crippen LogP contribution in [0.3, 0.4) is 0 Å². The number of hydrogen-bond acceptors (Lipinski definition) is 3. The zero-order valence-electron chi connectivity index (χ0n) is 10.4. The summed E-state index contributed by atoms with van der Waals surface area (Å²) in [5.74, 6) is -0.932. The van der Waals surface area contributed by atoms with Crippen molar-refractivity contribution < 1.29 is 14.6 Å². The fourth-order valence-corrected chi connectivity index (χ4v) is 2.15. The van der Waals surface area contributed by atoms with Crippen LogP contribution in [0.4, 0.5) is 0 Å². The number of carboxylic acid groups (broad SMARTS) is 1. The number of ether oxygens (including phenoxy) is 1. The molecule has 0 unspecified atom stereocenters. The predicted molar refractivity (Wildman–Crippen MR) is 67.1 cm³/mol. The Labute approximate surface area is 106 Å². The van der Waals surface area contributed by atoms with Gasteiger partial charge in [0.2, 0.25) is 0 Å². The van der Waals surface area contributed by atoms with Gasteiger partial charge in [-0.25, -0.2) is 0 Å². The minimum Gasteiger partial charge on any atom is -0.549 e. The molecule has 1 aromatic rings. The van der Waals surface area contributed by atoms with Crippen LogP contribution in [0.1, 0.15) is 12.5 Å². The molecule has 0 saturated heterocycles. The monoisotopic (exact) mass is 243 g/mol. The third kappa shape index (κ3) is 2.16. The normalized spacial score (nSPS) is 26.0. The van der Waals surface area contributed by atoms with Gasteiger partial charge in [0.25, 0.3) is 0 Å². The van der Waals surface area contributed by atoms with E-state index in [2.05, 4.69) is 0 Å². The molecule has 2 rings (SSSR count). The van der Waals surface area contributed by atoms with Gasteiger partial charge in [0, 0.05) is 16.9 Å². The van der Waals surface area contributed by atoms with Crippen LogP contribution in [-0.4, -0.2) is 13.1 Å². The average molecular weight is 243 g/mol. The number of aliphatic carboxylic acids is 1. The van der Waals surface area contributed by atoms with Crippen molar-refractivity contribution >= 4 is 5.97 Å². The smallest absolute Gasteiger partial charge is 0.123 e. The highest BCUT2D eigenvalue weighted by molar-refractivity contribution is 5.73. The average Bonchev–Trinajstić information content (AvgIpc) is 2.39. The summed E-state index contributed by atoms with van der Waals surface area (Å²) < 4.78 is 5.34. The maximum Gasteiger partial charge on any atom is 0.123 e. The van der Waals surface area contributed by atoms with E-state index in [0.29, 0.717) is 0 Å². The third-order valence-electron chi connectivity index (χ3n) is 3.26. The minimum atomic E-state index is -1.08. The van der Waals surface area contributed by atoms with E-state index >= 15 is 0 Å². The third-order valence-corrected chi connectivity index (χ3v) is 3.26. The second-order valence-corrected chi connectivity index (χ2v) is 4.55. The van der Waals surface area contributed by atoms with E-state index < -0.39 is 11.9 Å². The maximum atomic E-state index is 10.8. The first-order valence-electron chi connectivity index (χ1n) is 5.80. The molecule has 0 bridgehead atoms. The Hall–Kier alpha value is -2.03. The molecule has 1 aromatic carbocycles. The van der Waals surface area contributed by atoms with Gasteiger partial charge >= 0.3 is 0 Å². The lowest BCUT2D eigenvalue weighted by atomic mass is 9.77. The molecular weight excluding hydrogens is 228 g/mol. The molecule has 1 aliphatic rings. The molecular formula is C15H15O3-. The Balaban J connectivity index is 2.37. The number of carboxylic acids is 1. The molecule has 0 atom stereocenters. The highest BCUT2D eigenvalue weighted by Gasteiger charge is 2.26. The van der Waals surface area contributed by atoms with Gasteiger partial charge in [-0.05, 0) is 13.0 Å². The minimum absolute atomic E-state index is 0.349. The standard InChI is InChI=1S/C15H16O3/c1-15(9-7-11(8-10-15)14(16)17)12-5-3-4-6-13(12)18-2/h3-11H,1-2H3,(H,16,17)/p-1. The summed E-state index contributed by atoms with van der Waals surface area (Å²) >= 11 is 0. The van der Waals surface area contributed by atoms with Crippen LogP contribution < -0.4 is 9.84 Å². The number of benzene rings is 1. The van der Waals surface area contributed by atoms with Crippen LogP contribution in [0, 0.1) is 5.92 Å². The molecule has 1 aliphatic carbocycles. The van der Waals surface area contributed by atoms with Crippen molar-refractivity contribution in [1.82, 2.24) is 0 Å². The first-order chi connectivity index (χ1) is 8.57. The molecule has 0 saturated carbocycles. The van der Waals surface area contributed by atoms with Crippen molar-refractivity contribution in [2.24, 2.45) is 5.92 Å². The van der Waals surface area contributed by atoms with Gasteiger partial charge in [0.1, 0.15) is 5.75 Å². The topological polar surface area (TPSA) is 49.4 Å². The Morgan fingerprint density at radius 3 is 2.44 bits per heavy atom. The first kappa shape index (κ1) is 12.4. The van der Waals surface area contributed by atoms with Crippen LogP contribution in [-0.2, 0) is 10.2 Å². The van der Waals surface area contributed by atoms with Crippen LogP contribution in [0.15, 0.2) is 48.6 Å². The maximum absolute atomic E-state index is 10.8. The first-order valence-corrected chi connectivity index (χ1v) is 5.80. The van der Waals surface area contributed by atoms with Crippen molar-refractivity contribution in [3.05, 3.63) is 54.1 Å². The van der Waals surface area contributed by atoms with Crippen LogP contribution in [0.5, 0.6) is 5.75 Å². The quantitative estimate of drug-likeness (QED) is 0.755. The van der Waals surface area contributed by atoms with E-state index in [1.807, 2.05) is 43.3 Å². The Bertz CT molecular complexity index is 500. The number of hydrogen-bond donors (Lipinski definition) is 0. The molecule has 0 amide bonds. The van der Waals surface area contributed by atoms with Gasteiger partial charge in [-0.3, -0.25) is 0 Å². The number of allylic oxidation sites excluding steroid dienone is 2. The van der Waals surface area contributed by atoms with E-state index in [1.165, 1.54) is 0 Å². The molecule has 3 nitrogen and oxygen atoms in total. The molecule has 0 fully saturated rings. The van der Waals surface area contributed by atoms with Crippen molar-refractivity contribution in [3.63, 3.8) is 0 Å². The summed E-state index contributed by atoms with van der Waals surface area (Å²) in [6.07, 6.45) is 7.07. The fraction of sp³-hybridized carbons (Fsp3) is 0.267. The van der Waals surface area contributed by atoms with Crippen molar-refractivity contribution in [1.29, 1.82) is 0 Å². The van der Waals surface area contributed by atoms with E-state index in [4.69, 9.17) is 4.74 Å². The molecule has 0 radical (unpaired) electrons. The number of carbonyl (C=O) groups excluding carboxylic acids is 1. The molecule has 0 heterocycles. The van der Waals surface area contributed by atoms with Crippen molar-refractivity contribution in [2.75, 3.05) is 7.11 Å². The summed E-state index contributed by atoms with van der Waals surface area (Å²) in [4.78, 5) is 10.8. The molecule has 0 spiro atoms. The predicted octanol–water partition coefficient (Wildman–Crippen LogP) is 1.44. The van der Waals surface area contributed by atoms with Gasteiger partial charge in [-0.1, -0.05) is 42.5 Å². The number of para-hydroxylation sites is 1. The van der Waals surface area contributed by atoms with Gasteiger partial charge in [-0.2, -0.15) is 0 Å². The lowest BCUT2D eigenvalue weighted by molar-refractivity contribution is -0.308. The molecule has 0 N–H and O–H groups in total. The summed E-state index contributed by atoms with van der Waals surface area (Å²) in [6.45, 7) is 2.02. The number of rotatable bonds is 3. The molecule has 18 heavy (non-hydrogen) atoms. The van der Waals surface area contributed by atoms with Crippen LogP contribution in [0.25, 0.3) is 0 Å².